The van der Waals surface area contributed by atoms with Crippen molar-refractivity contribution in [3.05, 3.63) is 65.7 Å². The molecule has 0 bridgehead atoms. The van der Waals surface area contributed by atoms with E-state index in [-0.39, 0.29) is 11.7 Å². The van der Waals surface area contributed by atoms with E-state index in [1.54, 1.807) is 12.1 Å². The van der Waals surface area contributed by atoms with Crippen LogP contribution in [0.25, 0.3) is 5.13 Å². The van der Waals surface area contributed by atoms with Gasteiger partial charge in [0.1, 0.15) is 5.82 Å². The Morgan fingerprint density at radius 1 is 1.08 bits per heavy atom. The van der Waals surface area contributed by atoms with E-state index in [1.807, 2.05) is 50.3 Å². The van der Waals surface area contributed by atoms with Crippen molar-refractivity contribution >= 4 is 22.9 Å². The zero-order chi connectivity index (χ0) is 17.9. The summed E-state index contributed by atoms with van der Waals surface area (Å²) in [5, 5.41) is 2.80. The number of thiazole rings is 1. The number of halogens is 1. The van der Waals surface area contributed by atoms with Crippen LogP contribution >= 0.6 is 11.3 Å². The number of carbonyl (C=O) groups excluding carboxylic acids is 1. The minimum atomic E-state index is -0.215. The average Bonchev–Trinajstić information content (AvgIpc) is 3.34. The van der Waals surface area contributed by atoms with E-state index in [0.717, 1.165) is 10.8 Å². The normalized spacial score (nSPS) is 14.7. The van der Waals surface area contributed by atoms with Gasteiger partial charge in [-0.2, -0.15) is 0 Å². The van der Waals surface area contributed by atoms with Gasteiger partial charge in [0.2, 0.25) is 5.91 Å². The van der Waals surface area contributed by atoms with Crippen molar-refractivity contribution in [3.63, 3.8) is 0 Å². The van der Waals surface area contributed by atoms with Gasteiger partial charge in [-0.15, -0.1) is 11.3 Å². The van der Waals surface area contributed by atoms with Crippen molar-refractivity contribution in [1.82, 2.24) is 14.5 Å². The molecule has 0 aliphatic carbocycles. The predicted octanol–water partition coefficient (Wildman–Crippen LogP) is 2.96. The Labute approximate surface area is 155 Å². The standard InChI is InChI=1S/C19H19FN4OS/c20-16-5-1-2-6-17(16)22-9-11-23(12-10-22)18(25)13-15-14-26-19(21-15)24-7-3-4-8-24/h1-8,14H,9-13H2. The highest BCUT2D eigenvalue weighted by molar-refractivity contribution is 7.12. The number of hydrogen-bond acceptors (Lipinski definition) is 4. The molecule has 134 valence electrons. The van der Waals surface area contributed by atoms with Crippen LogP contribution in [0, 0.1) is 5.82 Å². The van der Waals surface area contributed by atoms with E-state index < -0.39 is 0 Å². The van der Waals surface area contributed by atoms with Gasteiger partial charge in [0.05, 0.1) is 17.8 Å². The fourth-order valence-corrected chi connectivity index (χ4v) is 3.92. The second-order valence-electron chi connectivity index (χ2n) is 6.21. The first-order valence-corrected chi connectivity index (χ1v) is 9.44. The van der Waals surface area contributed by atoms with Gasteiger partial charge in [-0.25, -0.2) is 9.37 Å². The number of aromatic nitrogens is 2. The van der Waals surface area contributed by atoms with Crippen LogP contribution in [0.2, 0.25) is 0 Å². The third-order valence-corrected chi connectivity index (χ3v) is 5.43. The highest BCUT2D eigenvalue weighted by Gasteiger charge is 2.23. The van der Waals surface area contributed by atoms with Crippen molar-refractivity contribution in [1.29, 1.82) is 0 Å². The molecule has 1 fully saturated rings. The van der Waals surface area contributed by atoms with Crippen LogP contribution in [0.5, 0.6) is 0 Å². The maximum Gasteiger partial charge on any atom is 0.228 e. The molecule has 7 heteroatoms. The summed E-state index contributed by atoms with van der Waals surface area (Å²) in [6.45, 7) is 2.47. The summed E-state index contributed by atoms with van der Waals surface area (Å²) in [6, 6.07) is 10.7. The third kappa shape index (κ3) is 3.48. The van der Waals surface area contributed by atoms with Gasteiger partial charge in [-0.1, -0.05) is 12.1 Å². The van der Waals surface area contributed by atoms with E-state index in [2.05, 4.69) is 4.98 Å². The highest BCUT2D eigenvalue weighted by atomic mass is 32.1. The summed E-state index contributed by atoms with van der Waals surface area (Å²) in [5.74, 6) is -0.144. The maximum atomic E-state index is 13.9. The molecule has 0 N–H and O–H groups in total. The van der Waals surface area contributed by atoms with Gasteiger partial charge < -0.3 is 14.4 Å². The molecule has 0 unspecified atom stereocenters. The first-order valence-electron chi connectivity index (χ1n) is 8.56. The Morgan fingerprint density at radius 2 is 1.81 bits per heavy atom. The van der Waals surface area contributed by atoms with Crippen LogP contribution in [-0.2, 0) is 11.2 Å². The molecule has 4 rings (SSSR count). The molecular weight excluding hydrogens is 351 g/mol. The van der Waals surface area contributed by atoms with Gasteiger partial charge in [-0.3, -0.25) is 4.79 Å². The van der Waals surface area contributed by atoms with Crippen molar-refractivity contribution in [3.8, 4) is 5.13 Å². The zero-order valence-corrected chi connectivity index (χ0v) is 15.0. The van der Waals surface area contributed by atoms with E-state index >= 15 is 0 Å². The Kier molecular flexibility index (Phi) is 4.71. The minimum absolute atomic E-state index is 0.0718. The van der Waals surface area contributed by atoms with Gasteiger partial charge >= 0.3 is 0 Å². The average molecular weight is 370 g/mol. The third-order valence-electron chi connectivity index (χ3n) is 4.52. The molecule has 1 saturated heterocycles. The summed E-state index contributed by atoms with van der Waals surface area (Å²) in [4.78, 5) is 20.9. The molecule has 1 amide bonds. The minimum Gasteiger partial charge on any atom is -0.366 e. The van der Waals surface area contributed by atoms with Gasteiger partial charge in [-0.05, 0) is 24.3 Å². The lowest BCUT2D eigenvalue weighted by Gasteiger charge is -2.36. The van der Waals surface area contributed by atoms with Crippen LogP contribution < -0.4 is 4.90 Å². The molecule has 0 atom stereocenters. The van der Waals surface area contributed by atoms with Crippen molar-refractivity contribution < 1.29 is 9.18 Å². The largest absolute Gasteiger partial charge is 0.366 e. The molecular formula is C19H19FN4OS. The van der Waals surface area contributed by atoms with Crippen LogP contribution in [0.3, 0.4) is 0 Å². The second kappa shape index (κ2) is 7.29. The van der Waals surface area contributed by atoms with Crippen LogP contribution in [-0.4, -0.2) is 46.5 Å². The lowest BCUT2D eigenvalue weighted by molar-refractivity contribution is -0.130. The highest BCUT2D eigenvalue weighted by Crippen LogP contribution is 2.21. The number of para-hydroxylation sites is 1. The van der Waals surface area contributed by atoms with Crippen molar-refractivity contribution in [2.24, 2.45) is 0 Å². The molecule has 0 saturated carbocycles. The topological polar surface area (TPSA) is 41.4 Å². The number of hydrogen-bond donors (Lipinski definition) is 0. The number of anilines is 1. The fraction of sp³-hybridized carbons (Fsp3) is 0.263. The summed E-state index contributed by atoms with van der Waals surface area (Å²) in [6.07, 6.45) is 4.18. The monoisotopic (exact) mass is 370 g/mol. The van der Waals surface area contributed by atoms with E-state index in [4.69, 9.17) is 0 Å². The molecule has 0 spiro atoms. The SMILES string of the molecule is O=C(Cc1csc(-n2cccc2)n1)N1CCN(c2ccccc2F)CC1. The number of benzene rings is 1. The second-order valence-corrected chi connectivity index (χ2v) is 7.04. The summed E-state index contributed by atoms with van der Waals surface area (Å²) >= 11 is 1.53. The predicted molar refractivity (Wildman–Crippen MR) is 100 cm³/mol. The van der Waals surface area contributed by atoms with E-state index in [9.17, 15) is 9.18 Å². The van der Waals surface area contributed by atoms with Gasteiger partial charge in [0.25, 0.3) is 0 Å². The lowest BCUT2D eigenvalue weighted by atomic mass is 10.2. The van der Waals surface area contributed by atoms with E-state index in [1.165, 1.54) is 17.4 Å². The summed E-state index contributed by atoms with van der Waals surface area (Å²) < 4.78 is 15.8. The summed E-state index contributed by atoms with van der Waals surface area (Å²) in [5.41, 5.74) is 1.40. The molecule has 2 aromatic heterocycles. The molecule has 1 aliphatic heterocycles. The quantitative estimate of drug-likeness (QED) is 0.709. The maximum absolute atomic E-state index is 13.9. The molecule has 3 heterocycles. The lowest BCUT2D eigenvalue weighted by Crippen LogP contribution is -2.49. The first kappa shape index (κ1) is 16.8. The number of carbonyl (C=O) groups is 1. The van der Waals surface area contributed by atoms with Crippen LogP contribution in [0.4, 0.5) is 10.1 Å². The van der Waals surface area contributed by atoms with Crippen molar-refractivity contribution in [2.75, 3.05) is 31.1 Å². The first-order chi connectivity index (χ1) is 12.7. The fourth-order valence-electron chi connectivity index (χ4n) is 3.13. The summed E-state index contributed by atoms with van der Waals surface area (Å²) in [7, 11) is 0. The van der Waals surface area contributed by atoms with E-state index in [0.29, 0.717) is 38.3 Å². The molecule has 3 aromatic rings. The smallest absolute Gasteiger partial charge is 0.228 e. The molecule has 1 aliphatic rings. The molecule has 0 radical (unpaired) electrons. The number of rotatable bonds is 4. The zero-order valence-electron chi connectivity index (χ0n) is 14.2. The Morgan fingerprint density at radius 3 is 2.54 bits per heavy atom. The van der Waals surface area contributed by atoms with Crippen LogP contribution in [0.1, 0.15) is 5.69 Å². The molecule has 1 aromatic carbocycles. The Balaban J connectivity index is 1.35. The Bertz CT molecular complexity index is 885. The van der Waals surface area contributed by atoms with Crippen LogP contribution in [0.15, 0.2) is 54.2 Å². The Hall–Kier alpha value is -2.67. The molecule has 26 heavy (non-hydrogen) atoms. The van der Waals surface area contributed by atoms with Gasteiger partial charge in [0, 0.05) is 44.0 Å². The van der Waals surface area contributed by atoms with Crippen molar-refractivity contribution in [2.45, 2.75) is 6.42 Å². The van der Waals surface area contributed by atoms with Gasteiger partial charge in [0.15, 0.2) is 5.13 Å². The number of amides is 1. The molecule has 5 nitrogen and oxygen atoms in total. The number of nitrogens with zero attached hydrogens (tertiary/aromatic N) is 4. The number of piperazine rings is 1.